The molecule has 0 aliphatic heterocycles. The molecule has 1 atom stereocenters. The van der Waals surface area contributed by atoms with Gasteiger partial charge in [-0.2, -0.15) is 0 Å². The van der Waals surface area contributed by atoms with Crippen LogP contribution in [0, 0.1) is 5.41 Å². The summed E-state index contributed by atoms with van der Waals surface area (Å²) in [5.41, 5.74) is 0.432. The SMILES string of the molecule is CCn1ccnc1CNC1CCCCC1(C)C. The minimum absolute atomic E-state index is 0.432. The maximum absolute atomic E-state index is 4.42. The number of nitrogens with one attached hydrogen (secondary N) is 1. The van der Waals surface area contributed by atoms with Crippen LogP contribution in [0.4, 0.5) is 0 Å². The van der Waals surface area contributed by atoms with E-state index in [9.17, 15) is 0 Å². The maximum Gasteiger partial charge on any atom is 0.122 e. The van der Waals surface area contributed by atoms with Crippen LogP contribution in [0.5, 0.6) is 0 Å². The summed E-state index contributed by atoms with van der Waals surface area (Å²) in [6, 6.07) is 0.637. The standard InChI is InChI=1S/C14H25N3/c1-4-17-10-9-15-13(17)11-16-12-7-5-6-8-14(12,2)3/h9-10,12,16H,4-8,11H2,1-3H3. The molecule has 1 unspecified atom stereocenters. The number of imidazole rings is 1. The fourth-order valence-corrected chi connectivity index (χ4v) is 2.88. The van der Waals surface area contributed by atoms with Gasteiger partial charge in [0.1, 0.15) is 5.82 Å². The van der Waals surface area contributed by atoms with Crippen LogP contribution < -0.4 is 5.32 Å². The Hall–Kier alpha value is -0.830. The van der Waals surface area contributed by atoms with Crippen molar-refractivity contribution in [3.63, 3.8) is 0 Å². The lowest BCUT2D eigenvalue weighted by atomic mass is 9.73. The summed E-state index contributed by atoms with van der Waals surface area (Å²) in [5, 5.41) is 3.71. The molecule has 1 N–H and O–H groups in total. The number of hydrogen-bond donors (Lipinski definition) is 1. The van der Waals surface area contributed by atoms with Crippen molar-refractivity contribution < 1.29 is 0 Å². The third-order valence-corrected chi connectivity index (χ3v) is 4.16. The maximum atomic E-state index is 4.42. The number of rotatable bonds is 4. The molecule has 96 valence electrons. The van der Waals surface area contributed by atoms with Gasteiger partial charge >= 0.3 is 0 Å². The summed E-state index contributed by atoms with van der Waals surface area (Å²) >= 11 is 0. The molecule has 3 nitrogen and oxygen atoms in total. The molecule has 1 aliphatic rings. The van der Waals surface area contributed by atoms with E-state index in [0.29, 0.717) is 11.5 Å². The highest BCUT2D eigenvalue weighted by Crippen LogP contribution is 2.35. The molecular formula is C14H25N3. The molecule has 1 aromatic heterocycles. The second kappa shape index (κ2) is 5.21. The molecule has 0 bridgehead atoms. The summed E-state index contributed by atoms with van der Waals surface area (Å²) in [6.45, 7) is 8.84. The second-order valence-corrected chi connectivity index (χ2v) is 5.80. The average molecular weight is 235 g/mol. The summed E-state index contributed by atoms with van der Waals surface area (Å²) < 4.78 is 2.21. The largest absolute Gasteiger partial charge is 0.334 e. The highest BCUT2D eigenvalue weighted by Gasteiger charge is 2.31. The number of aryl methyl sites for hydroxylation is 1. The van der Waals surface area contributed by atoms with Crippen molar-refractivity contribution in [3.05, 3.63) is 18.2 Å². The Morgan fingerprint density at radius 3 is 3.00 bits per heavy atom. The van der Waals surface area contributed by atoms with E-state index in [4.69, 9.17) is 0 Å². The molecule has 0 amide bonds. The first-order chi connectivity index (χ1) is 8.13. The first kappa shape index (κ1) is 12.6. The fraction of sp³-hybridized carbons (Fsp3) is 0.786. The van der Waals surface area contributed by atoms with Crippen LogP contribution in [0.1, 0.15) is 52.3 Å². The van der Waals surface area contributed by atoms with E-state index in [1.54, 1.807) is 0 Å². The van der Waals surface area contributed by atoms with Crippen molar-refractivity contribution in [2.24, 2.45) is 5.41 Å². The molecule has 1 aliphatic carbocycles. The molecular weight excluding hydrogens is 210 g/mol. The molecule has 2 rings (SSSR count). The predicted molar refractivity (Wildman–Crippen MR) is 70.8 cm³/mol. The van der Waals surface area contributed by atoms with Crippen molar-refractivity contribution in [2.75, 3.05) is 0 Å². The van der Waals surface area contributed by atoms with Crippen LogP contribution in [0.3, 0.4) is 0 Å². The molecule has 1 aromatic rings. The third-order valence-electron chi connectivity index (χ3n) is 4.16. The molecule has 17 heavy (non-hydrogen) atoms. The van der Waals surface area contributed by atoms with Gasteiger partial charge in [-0.3, -0.25) is 0 Å². The van der Waals surface area contributed by atoms with Crippen LogP contribution in [0.25, 0.3) is 0 Å². The van der Waals surface area contributed by atoms with Gasteiger partial charge in [0.05, 0.1) is 6.54 Å². The summed E-state index contributed by atoms with van der Waals surface area (Å²) in [7, 11) is 0. The van der Waals surface area contributed by atoms with Gasteiger partial charge in [0.2, 0.25) is 0 Å². The predicted octanol–water partition coefficient (Wildman–Crippen LogP) is 2.96. The highest BCUT2D eigenvalue weighted by molar-refractivity contribution is 4.94. The van der Waals surface area contributed by atoms with Crippen LogP contribution in [-0.2, 0) is 13.1 Å². The molecule has 1 heterocycles. The Balaban J connectivity index is 1.93. The summed E-state index contributed by atoms with van der Waals surface area (Å²) in [5.74, 6) is 1.16. The van der Waals surface area contributed by atoms with E-state index in [0.717, 1.165) is 18.9 Å². The van der Waals surface area contributed by atoms with Gasteiger partial charge in [0, 0.05) is 25.0 Å². The molecule has 0 saturated heterocycles. The lowest BCUT2D eigenvalue weighted by molar-refractivity contribution is 0.165. The van der Waals surface area contributed by atoms with Gasteiger partial charge in [0.25, 0.3) is 0 Å². The molecule has 1 saturated carbocycles. The van der Waals surface area contributed by atoms with Crippen molar-refractivity contribution >= 4 is 0 Å². The molecule has 1 fully saturated rings. The fourth-order valence-electron chi connectivity index (χ4n) is 2.88. The zero-order valence-corrected chi connectivity index (χ0v) is 11.4. The Morgan fingerprint density at radius 2 is 2.29 bits per heavy atom. The van der Waals surface area contributed by atoms with Gasteiger partial charge in [-0.05, 0) is 25.2 Å². The quantitative estimate of drug-likeness (QED) is 0.869. The van der Waals surface area contributed by atoms with Crippen molar-refractivity contribution in [3.8, 4) is 0 Å². The first-order valence-electron chi connectivity index (χ1n) is 6.87. The first-order valence-corrected chi connectivity index (χ1v) is 6.87. The minimum atomic E-state index is 0.432. The Morgan fingerprint density at radius 1 is 1.47 bits per heavy atom. The van der Waals surface area contributed by atoms with Gasteiger partial charge in [-0.1, -0.05) is 26.7 Å². The smallest absolute Gasteiger partial charge is 0.122 e. The Bertz CT molecular complexity index is 354. The van der Waals surface area contributed by atoms with E-state index in [1.807, 2.05) is 6.20 Å². The monoisotopic (exact) mass is 235 g/mol. The Kier molecular flexibility index (Phi) is 3.87. The molecule has 0 spiro atoms. The normalized spacial score (nSPS) is 23.8. The highest BCUT2D eigenvalue weighted by atomic mass is 15.1. The van der Waals surface area contributed by atoms with Crippen LogP contribution in [0.15, 0.2) is 12.4 Å². The Labute approximate surface area is 105 Å². The number of hydrogen-bond acceptors (Lipinski definition) is 2. The van der Waals surface area contributed by atoms with Crippen LogP contribution in [-0.4, -0.2) is 15.6 Å². The van der Waals surface area contributed by atoms with E-state index in [-0.39, 0.29) is 0 Å². The van der Waals surface area contributed by atoms with Crippen molar-refractivity contribution in [1.82, 2.24) is 14.9 Å². The zero-order chi connectivity index (χ0) is 12.3. The third kappa shape index (κ3) is 2.89. The zero-order valence-electron chi connectivity index (χ0n) is 11.4. The van der Waals surface area contributed by atoms with E-state index < -0.39 is 0 Å². The molecule has 0 radical (unpaired) electrons. The van der Waals surface area contributed by atoms with Crippen LogP contribution >= 0.6 is 0 Å². The van der Waals surface area contributed by atoms with Crippen molar-refractivity contribution in [2.45, 2.75) is 65.6 Å². The van der Waals surface area contributed by atoms with Crippen molar-refractivity contribution in [1.29, 1.82) is 0 Å². The van der Waals surface area contributed by atoms with Gasteiger partial charge in [-0.25, -0.2) is 4.98 Å². The molecule has 3 heteroatoms. The number of nitrogens with zero attached hydrogens (tertiary/aromatic N) is 2. The van der Waals surface area contributed by atoms with Gasteiger partial charge < -0.3 is 9.88 Å². The second-order valence-electron chi connectivity index (χ2n) is 5.80. The minimum Gasteiger partial charge on any atom is -0.334 e. The van der Waals surface area contributed by atoms with Gasteiger partial charge in [0.15, 0.2) is 0 Å². The van der Waals surface area contributed by atoms with E-state index in [2.05, 4.69) is 41.8 Å². The van der Waals surface area contributed by atoms with E-state index >= 15 is 0 Å². The van der Waals surface area contributed by atoms with Gasteiger partial charge in [-0.15, -0.1) is 0 Å². The average Bonchev–Trinajstić information content (AvgIpc) is 2.74. The lowest BCUT2D eigenvalue weighted by Gasteiger charge is -2.39. The lowest BCUT2D eigenvalue weighted by Crippen LogP contribution is -2.44. The summed E-state index contributed by atoms with van der Waals surface area (Å²) in [6.07, 6.45) is 9.35. The molecule has 0 aromatic carbocycles. The summed E-state index contributed by atoms with van der Waals surface area (Å²) in [4.78, 5) is 4.42. The number of aromatic nitrogens is 2. The van der Waals surface area contributed by atoms with E-state index in [1.165, 1.54) is 25.7 Å². The van der Waals surface area contributed by atoms with Crippen LogP contribution in [0.2, 0.25) is 0 Å². The topological polar surface area (TPSA) is 29.9 Å².